The van der Waals surface area contributed by atoms with Gasteiger partial charge in [-0.2, -0.15) is 0 Å². The van der Waals surface area contributed by atoms with E-state index in [1.54, 1.807) is 64.2 Å². The highest BCUT2D eigenvalue weighted by atomic mass is 14.5. The summed E-state index contributed by atoms with van der Waals surface area (Å²) in [6, 6.07) is 0. The monoisotopic (exact) mass is 513 g/mol. The summed E-state index contributed by atoms with van der Waals surface area (Å²) in [7, 11) is 0. The van der Waals surface area contributed by atoms with Crippen LogP contribution in [-0.4, -0.2) is 0 Å². The number of unbranched alkanes of at least 4 members (excludes halogenated alkanes) is 1. The van der Waals surface area contributed by atoms with Crippen LogP contribution in [-0.2, 0) is 0 Å². The molecular weight excluding hydrogens is 444 g/mol. The lowest BCUT2D eigenvalue weighted by Gasteiger charge is -2.50. The third-order valence-corrected chi connectivity index (χ3v) is 13.1. The molecule has 5 rings (SSSR count). The lowest BCUT2D eigenvalue weighted by molar-refractivity contribution is -0.00486. The highest BCUT2D eigenvalue weighted by Crippen LogP contribution is 2.56. The highest BCUT2D eigenvalue weighted by molar-refractivity contribution is 4.97. The Morgan fingerprint density at radius 2 is 1.32 bits per heavy atom. The van der Waals surface area contributed by atoms with E-state index in [2.05, 4.69) is 41.5 Å². The van der Waals surface area contributed by atoms with Crippen LogP contribution in [0.3, 0.4) is 0 Å². The van der Waals surface area contributed by atoms with Gasteiger partial charge in [0.25, 0.3) is 0 Å². The molecule has 0 aromatic rings. The van der Waals surface area contributed by atoms with Gasteiger partial charge in [-0.15, -0.1) is 0 Å². The van der Waals surface area contributed by atoms with E-state index in [4.69, 9.17) is 0 Å². The van der Waals surface area contributed by atoms with Crippen molar-refractivity contribution in [1.29, 1.82) is 0 Å². The summed E-state index contributed by atoms with van der Waals surface area (Å²) in [5.41, 5.74) is 0. The molecule has 0 heteroatoms. The first kappa shape index (κ1) is 30.0. The van der Waals surface area contributed by atoms with Crippen molar-refractivity contribution in [2.45, 2.75) is 164 Å². The van der Waals surface area contributed by atoms with E-state index in [0.29, 0.717) is 0 Å². The van der Waals surface area contributed by atoms with Crippen LogP contribution in [0.5, 0.6) is 0 Å². The van der Waals surface area contributed by atoms with E-state index in [9.17, 15) is 0 Å². The van der Waals surface area contributed by atoms with Gasteiger partial charge in [0.2, 0.25) is 0 Å². The molecule has 0 spiro atoms. The quantitative estimate of drug-likeness (QED) is 0.318. The van der Waals surface area contributed by atoms with Crippen LogP contribution in [0.4, 0.5) is 0 Å². The minimum atomic E-state index is 0.913. The molecule has 0 N–H and O–H groups in total. The van der Waals surface area contributed by atoms with Crippen molar-refractivity contribution < 1.29 is 0 Å². The minimum Gasteiger partial charge on any atom is -0.0654 e. The second kappa shape index (κ2) is 14.6. The van der Waals surface area contributed by atoms with E-state index in [1.165, 1.54) is 57.8 Å². The molecule has 0 aliphatic heterocycles. The lowest BCUT2D eigenvalue weighted by atomic mass is 9.56. The molecule has 37 heavy (non-hydrogen) atoms. The summed E-state index contributed by atoms with van der Waals surface area (Å²) >= 11 is 0. The Kier molecular flexibility index (Phi) is 11.8. The molecule has 0 amide bonds. The SMILES string of the molecule is CCC1CCCC(C2CCC(C)C2)C1.CCCCC1C(C)CC2CCCC2C1C1CCC(C(C)C)CC1. The molecule has 0 nitrogen and oxygen atoms in total. The zero-order chi connectivity index (χ0) is 26.4. The summed E-state index contributed by atoms with van der Waals surface area (Å²) in [4.78, 5) is 0. The predicted molar refractivity (Wildman–Crippen MR) is 164 cm³/mol. The summed E-state index contributed by atoms with van der Waals surface area (Å²) in [5.74, 6) is 12.8. The zero-order valence-corrected chi connectivity index (χ0v) is 26.4. The van der Waals surface area contributed by atoms with Crippen LogP contribution >= 0.6 is 0 Å². The molecular formula is C37H68. The van der Waals surface area contributed by atoms with Crippen LogP contribution in [0.2, 0.25) is 0 Å². The molecule has 5 fully saturated rings. The smallest absolute Gasteiger partial charge is 0.0324 e. The van der Waals surface area contributed by atoms with Gasteiger partial charge in [0, 0.05) is 0 Å². The van der Waals surface area contributed by atoms with Gasteiger partial charge in [0.1, 0.15) is 0 Å². The molecule has 216 valence electrons. The van der Waals surface area contributed by atoms with E-state index in [0.717, 1.165) is 71.0 Å². The van der Waals surface area contributed by atoms with Crippen molar-refractivity contribution in [2.75, 3.05) is 0 Å². The molecule has 0 aromatic heterocycles. The van der Waals surface area contributed by atoms with Crippen molar-refractivity contribution in [3.05, 3.63) is 0 Å². The van der Waals surface area contributed by atoms with Gasteiger partial charge in [-0.3, -0.25) is 0 Å². The fourth-order valence-corrected chi connectivity index (χ4v) is 10.8. The molecule has 5 aliphatic carbocycles. The molecule has 5 saturated carbocycles. The first-order valence-electron chi connectivity index (χ1n) is 17.9. The van der Waals surface area contributed by atoms with Crippen LogP contribution in [0.25, 0.3) is 0 Å². The van der Waals surface area contributed by atoms with Crippen LogP contribution < -0.4 is 0 Å². The van der Waals surface area contributed by atoms with Gasteiger partial charge in [0.15, 0.2) is 0 Å². The summed E-state index contributed by atoms with van der Waals surface area (Å²) < 4.78 is 0. The van der Waals surface area contributed by atoms with Gasteiger partial charge >= 0.3 is 0 Å². The Hall–Kier alpha value is 0. The van der Waals surface area contributed by atoms with Gasteiger partial charge in [-0.1, -0.05) is 99.3 Å². The van der Waals surface area contributed by atoms with Crippen LogP contribution in [0, 0.1) is 71.0 Å². The van der Waals surface area contributed by atoms with E-state index >= 15 is 0 Å². The maximum atomic E-state index is 2.61. The Labute approximate surface area is 234 Å². The van der Waals surface area contributed by atoms with Gasteiger partial charge in [0.05, 0.1) is 0 Å². The Bertz CT molecular complexity index is 626. The van der Waals surface area contributed by atoms with Gasteiger partial charge < -0.3 is 0 Å². The minimum absolute atomic E-state index is 0.913. The van der Waals surface area contributed by atoms with Gasteiger partial charge in [-0.25, -0.2) is 0 Å². The van der Waals surface area contributed by atoms with E-state index in [-0.39, 0.29) is 0 Å². The van der Waals surface area contributed by atoms with Crippen LogP contribution in [0.1, 0.15) is 164 Å². The first-order valence-corrected chi connectivity index (χ1v) is 17.9. The van der Waals surface area contributed by atoms with E-state index < -0.39 is 0 Å². The second-order valence-corrected chi connectivity index (χ2v) is 15.7. The number of hydrogen-bond acceptors (Lipinski definition) is 0. The predicted octanol–water partition coefficient (Wildman–Crippen LogP) is 12.0. The Balaban J connectivity index is 0.000000195. The topological polar surface area (TPSA) is 0 Å². The molecule has 9 unspecified atom stereocenters. The molecule has 0 bridgehead atoms. The fraction of sp³-hybridized carbons (Fsp3) is 1.00. The summed E-state index contributed by atoms with van der Waals surface area (Å²) in [5, 5.41) is 0. The average molecular weight is 513 g/mol. The maximum absolute atomic E-state index is 2.61. The van der Waals surface area contributed by atoms with Crippen molar-refractivity contribution in [2.24, 2.45) is 71.0 Å². The van der Waals surface area contributed by atoms with Crippen molar-refractivity contribution in [1.82, 2.24) is 0 Å². The fourth-order valence-electron chi connectivity index (χ4n) is 10.8. The molecule has 0 radical (unpaired) electrons. The number of fused-ring (bicyclic) bond motifs is 1. The Morgan fingerprint density at radius 1 is 0.649 bits per heavy atom. The molecule has 0 saturated heterocycles. The third-order valence-electron chi connectivity index (χ3n) is 13.1. The normalized spacial score (nSPS) is 44.4. The zero-order valence-electron chi connectivity index (χ0n) is 26.4. The Morgan fingerprint density at radius 3 is 1.97 bits per heavy atom. The van der Waals surface area contributed by atoms with Crippen molar-refractivity contribution >= 4 is 0 Å². The molecule has 5 aliphatic rings. The number of rotatable bonds is 7. The van der Waals surface area contributed by atoms with Gasteiger partial charge in [-0.05, 0) is 135 Å². The molecule has 0 aromatic carbocycles. The van der Waals surface area contributed by atoms with Crippen molar-refractivity contribution in [3.63, 3.8) is 0 Å². The molecule has 9 atom stereocenters. The first-order chi connectivity index (χ1) is 17.9. The maximum Gasteiger partial charge on any atom is -0.0324 e. The summed E-state index contributed by atoms with van der Waals surface area (Å²) in [6.07, 6.45) is 29.0. The van der Waals surface area contributed by atoms with Crippen molar-refractivity contribution in [3.8, 4) is 0 Å². The third kappa shape index (κ3) is 7.81. The standard InChI is InChI=1S/C23H42.C14H26/c1-5-6-9-21-17(4)15-20-8-7-10-22(20)23(21)19-13-11-18(12-14-19)16(2)3;1-3-12-5-4-6-13(10-12)14-8-7-11(2)9-14/h16-23H,5-15H2,1-4H3;11-14H,3-10H2,1-2H3. The number of hydrogen-bond donors (Lipinski definition) is 0. The second-order valence-electron chi connectivity index (χ2n) is 15.7. The highest BCUT2D eigenvalue weighted by Gasteiger charge is 2.47. The van der Waals surface area contributed by atoms with Crippen LogP contribution in [0.15, 0.2) is 0 Å². The van der Waals surface area contributed by atoms with E-state index in [1.807, 2.05) is 0 Å². The molecule has 0 heterocycles. The average Bonchev–Trinajstić information content (AvgIpc) is 3.56. The summed E-state index contributed by atoms with van der Waals surface area (Å²) in [6.45, 7) is 14.7. The lowest BCUT2D eigenvalue weighted by Crippen LogP contribution is -2.42. The largest absolute Gasteiger partial charge is 0.0654 e.